The van der Waals surface area contributed by atoms with Gasteiger partial charge in [0, 0.05) is 39.3 Å². The molecular formula is C24H41IN4O3. The summed E-state index contributed by atoms with van der Waals surface area (Å²) in [6, 6.07) is 9.93. The Morgan fingerprint density at radius 1 is 1.16 bits per heavy atom. The molecule has 1 amide bonds. The maximum Gasteiger partial charge on any atom is 0.232 e. The lowest BCUT2D eigenvalue weighted by atomic mass is 9.79. The molecule has 1 saturated heterocycles. The summed E-state index contributed by atoms with van der Waals surface area (Å²) in [5, 5.41) is 16.2. The molecule has 1 aromatic carbocycles. The van der Waals surface area contributed by atoms with Crippen molar-refractivity contribution < 1.29 is 14.6 Å². The Balaban J connectivity index is 0.00000512. The lowest BCUT2D eigenvalue weighted by Crippen LogP contribution is -2.47. The molecule has 1 aromatic rings. The molecular weight excluding hydrogens is 519 g/mol. The predicted molar refractivity (Wildman–Crippen MR) is 141 cm³/mol. The summed E-state index contributed by atoms with van der Waals surface area (Å²) in [7, 11) is 0. The summed E-state index contributed by atoms with van der Waals surface area (Å²) in [5.74, 6) is 0.541. The highest BCUT2D eigenvalue weighted by Crippen LogP contribution is 2.30. The number of nitrogens with zero attached hydrogens (tertiary/aromatic N) is 2. The molecule has 2 rings (SSSR count). The Labute approximate surface area is 210 Å². The van der Waals surface area contributed by atoms with E-state index in [1.165, 1.54) is 0 Å². The molecule has 3 N–H and O–H groups in total. The predicted octanol–water partition coefficient (Wildman–Crippen LogP) is 2.99. The van der Waals surface area contributed by atoms with Crippen LogP contribution in [0.4, 0.5) is 0 Å². The van der Waals surface area contributed by atoms with Crippen LogP contribution >= 0.6 is 24.0 Å². The zero-order valence-corrected chi connectivity index (χ0v) is 22.1. The van der Waals surface area contributed by atoms with Gasteiger partial charge in [-0.25, -0.2) is 0 Å². The van der Waals surface area contributed by atoms with Crippen molar-refractivity contribution in [3.63, 3.8) is 0 Å². The molecule has 0 bridgehead atoms. The molecule has 0 saturated carbocycles. The second kappa shape index (κ2) is 15.4. The van der Waals surface area contributed by atoms with Gasteiger partial charge in [-0.2, -0.15) is 0 Å². The molecule has 1 aliphatic rings. The van der Waals surface area contributed by atoms with E-state index in [1.807, 2.05) is 42.2 Å². The number of nitrogens with one attached hydrogen (secondary N) is 2. The quantitative estimate of drug-likeness (QED) is 0.220. The van der Waals surface area contributed by atoms with Gasteiger partial charge in [-0.1, -0.05) is 44.2 Å². The van der Waals surface area contributed by atoms with Crippen LogP contribution < -0.4 is 10.6 Å². The SMILES string of the molecule is CCNC(=NCC(CC)(CC)CCO)NCC(C(=O)N1CCOCC1)c1ccccc1.I. The highest BCUT2D eigenvalue weighted by Gasteiger charge is 2.28. The maximum absolute atomic E-state index is 13.3. The van der Waals surface area contributed by atoms with Gasteiger partial charge in [-0.05, 0) is 37.2 Å². The molecule has 1 fully saturated rings. The third-order valence-corrected chi connectivity index (χ3v) is 6.36. The van der Waals surface area contributed by atoms with Gasteiger partial charge in [0.05, 0.1) is 19.1 Å². The molecule has 0 spiro atoms. The number of hydrogen-bond donors (Lipinski definition) is 3. The zero-order chi connectivity index (χ0) is 22.5. The zero-order valence-electron chi connectivity index (χ0n) is 19.8. The number of aliphatic hydroxyl groups is 1. The Morgan fingerprint density at radius 3 is 2.38 bits per heavy atom. The first-order valence-corrected chi connectivity index (χ1v) is 11.6. The van der Waals surface area contributed by atoms with Crippen LogP contribution in [0, 0.1) is 5.41 Å². The molecule has 0 radical (unpaired) electrons. The fourth-order valence-corrected chi connectivity index (χ4v) is 3.97. The minimum atomic E-state index is -0.289. The van der Waals surface area contributed by atoms with Gasteiger partial charge < -0.3 is 25.4 Å². The molecule has 32 heavy (non-hydrogen) atoms. The second-order valence-electron chi connectivity index (χ2n) is 8.16. The third-order valence-electron chi connectivity index (χ3n) is 6.36. The van der Waals surface area contributed by atoms with Gasteiger partial charge in [0.25, 0.3) is 0 Å². The van der Waals surface area contributed by atoms with Crippen molar-refractivity contribution in [2.45, 2.75) is 46.0 Å². The lowest BCUT2D eigenvalue weighted by molar-refractivity contribution is -0.136. The summed E-state index contributed by atoms with van der Waals surface area (Å²) >= 11 is 0. The maximum atomic E-state index is 13.3. The first kappa shape index (κ1) is 28.6. The Hall–Kier alpha value is -1.39. The van der Waals surface area contributed by atoms with E-state index in [9.17, 15) is 9.90 Å². The summed E-state index contributed by atoms with van der Waals surface area (Å²) in [4.78, 5) is 20.0. The normalized spacial score (nSPS) is 15.6. The summed E-state index contributed by atoms with van der Waals surface area (Å²) < 4.78 is 5.41. The number of morpholine rings is 1. The van der Waals surface area contributed by atoms with Crippen LogP contribution in [0.1, 0.15) is 51.5 Å². The minimum Gasteiger partial charge on any atom is -0.396 e. The number of carbonyl (C=O) groups is 1. The summed E-state index contributed by atoms with van der Waals surface area (Å²) in [6.07, 6.45) is 2.68. The second-order valence-corrected chi connectivity index (χ2v) is 8.16. The van der Waals surface area contributed by atoms with Crippen molar-refractivity contribution in [1.29, 1.82) is 0 Å². The smallest absolute Gasteiger partial charge is 0.232 e. The van der Waals surface area contributed by atoms with Gasteiger partial charge in [-0.15, -0.1) is 24.0 Å². The fourth-order valence-electron chi connectivity index (χ4n) is 3.97. The van der Waals surface area contributed by atoms with E-state index >= 15 is 0 Å². The lowest BCUT2D eigenvalue weighted by Gasteiger charge is -2.31. The topological polar surface area (TPSA) is 86.2 Å². The summed E-state index contributed by atoms with van der Waals surface area (Å²) in [5.41, 5.74) is 0.999. The van der Waals surface area contributed by atoms with Crippen LogP contribution in [-0.4, -0.2) is 74.4 Å². The van der Waals surface area contributed by atoms with Crippen LogP contribution in [0.25, 0.3) is 0 Å². The van der Waals surface area contributed by atoms with E-state index in [-0.39, 0.29) is 47.8 Å². The standard InChI is InChI=1S/C24H40N4O3.HI/c1-4-24(5-2,12-15-29)19-27-23(25-6-3)26-18-21(20-10-8-7-9-11-20)22(30)28-13-16-31-17-14-28;/h7-11,21,29H,4-6,12-19H2,1-3H3,(H2,25,26,27);1H. The van der Waals surface area contributed by atoms with Crippen LogP contribution in [0.2, 0.25) is 0 Å². The van der Waals surface area contributed by atoms with Gasteiger partial charge in [0.1, 0.15) is 0 Å². The van der Waals surface area contributed by atoms with Gasteiger partial charge >= 0.3 is 0 Å². The number of benzene rings is 1. The van der Waals surface area contributed by atoms with Crippen LogP contribution in [0.3, 0.4) is 0 Å². The number of halogens is 1. The van der Waals surface area contributed by atoms with Gasteiger partial charge in [0.2, 0.25) is 5.91 Å². The number of aliphatic imine (C=N–C) groups is 1. The van der Waals surface area contributed by atoms with Crippen LogP contribution in [0.5, 0.6) is 0 Å². The van der Waals surface area contributed by atoms with Crippen molar-refractivity contribution in [2.75, 3.05) is 52.5 Å². The van der Waals surface area contributed by atoms with Crippen molar-refractivity contribution in [3.05, 3.63) is 35.9 Å². The highest BCUT2D eigenvalue weighted by atomic mass is 127. The largest absolute Gasteiger partial charge is 0.396 e. The molecule has 1 aliphatic heterocycles. The summed E-state index contributed by atoms with van der Waals surface area (Å²) in [6.45, 7) is 10.8. The number of ether oxygens (including phenoxy) is 1. The Kier molecular flexibility index (Phi) is 13.8. The molecule has 0 aromatic heterocycles. The molecule has 182 valence electrons. The first-order valence-electron chi connectivity index (χ1n) is 11.6. The van der Waals surface area contributed by atoms with E-state index in [0.717, 1.165) is 31.4 Å². The van der Waals surface area contributed by atoms with Crippen molar-refractivity contribution >= 4 is 35.8 Å². The van der Waals surface area contributed by atoms with Crippen molar-refractivity contribution in [2.24, 2.45) is 10.4 Å². The minimum absolute atomic E-state index is 0. The van der Waals surface area contributed by atoms with Crippen molar-refractivity contribution in [3.8, 4) is 0 Å². The third kappa shape index (κ3) is 8.51. The Bertz CT molecular complexity index is 677. The Morgan fingerprint density at radius 2 is 1.81 bits per heavy atom. The van der Waals surface area contributed by atoms with Gasteiger partial charge in [0.15, 0.2) is 5.96 Å². The molecule has 0 aliphatic carbocycles. The molecule has 7 nitrogen and oxygen atoms in total. The highest BCUT2D eigenvalue weighted by molar-refractivity contribution is 14.0. The average molecular weight is 561 g/mol. The monoisotopic (exact) mass is 560 g/mol. The average Bonchev–Trinajstić information content (AvgIpc) is 2.82. The van der Waals surface area contributed by atoms with Crippen LogP contribution in [0.15, 0.2) is 35.3 Å². The van der Waals surface area contributed by atoms with E-state index in [4.69, 9.17) is 9.73 Å². The van der Waals surface area contributed by atoms with E-state index in [1.54, 1.807) is 0 Å². The number of guanidine groups is 1. The van der Waals surface area contributed by atoms with Crippen molar-refractivity contribution in [1.82, 2.24) is 15.5 Å². The molecule has 1 atom stereocenters. The number of hydrogen-bond acceptors (Lipinski definition) is 4. The molecule has 1 heterocycles. The number of rotatable bonds is 11. The number of amides is 1. The number of aliphatic hydroxyl groups excluding tert-OH is 1. The molecule has 8 heteroatoms. The fraction of sp³-hybridized carbons (Fsp3) is 0.667. The number of carbonyl (C=O) groups excluding carboxylic acids is 1. The van der Waals surface area contributed by atoms with E-state index in [0.29, 0.717) is 45.4 Å². The first-order chi connectivity index (χ1) is 15.1. The van der Waals surface area contributed by atoms with Gasteiger partial charge in [-0.3, -0.25) is 9.79 Å². The molecule has 1 unspecified atom stereocenters. The van der Waals surface area contributed by atoms with Crippen LogP contribution in [-0.2, 0) is 9.53 Å². The van der Waals surface area contributed by atoms with E-state index < -0.39 is 0 Å². The van der Waals surface area contributed by atoms with E-state index in [2.05, 4.69) is 24.5 Å².